The minimum Gasteiger partial charge on any atom is -0.364 e. The molecule has 1 unspecified atom stereocenters. The van der Waals surface area contributed by atoms with Crippen LogP contribution in [0.4, 0.5) is 0 Å². The zero-order chi connectivity index (χ0) is 16.9. The Morgan fingerprint density at radius 2 is 1.92 bits per heavy atom. The fourth-order valence-electron chi connectivity index (χ4n) is 3.39. The second kappa shape index (κ2) is 7.92. The van der Waals surface area contributed by atoms with E-state index in [1.165, 1.54) is 4.90 Å². The molecule has 4 nitrogen and oxygen atoms in total. The summed E-state index contributed by atoms with van der Waals surface area (Å²) in [6.07, 6.45) is 0.414. The zero-order valence-corrected chi connectivity index (χ0v) is 15.0. The Morgan fingerprint density at radius 3 is 2.54 bits per heavy atom. The van der Waals surface area contributed by atoms with E-state index in [0.717, 1.165) is 23.5 Å². The molecule has 1 saturated heterocycles. The van der Waals surface area contributed by atoms with Gasteiger partial charge in [-0.1, -0.05) is 36.4 Å². The number of rotatable bonds is 5. The molecule has 1 aliphatic rings. The Kier molecular flexibility index (Phi) is 5.66. The van der Waals surface area contributed by atoms with Gasteiger partial charge in [0.2, 0.25) is 0 Å². The molecule has 0 bridgehead atoms. The summed E-state index contributed by atoms with van der Waals surface area (Å²) in [5, 5.41) is 5.27. The van der Waals surface area contributed by atoms with Gasteiger partial charge in [0.15, 0.2) is 6.54 Å². The molecule has 2 aromatic rings. The van der Waals surface area contributed by atoms with Crippen LogP contribution >= 0.6 is 11.3 Å². The van der Waals surface area contributed by atoms with Crippen LogP contribution in [0.5, 0.6) is 0 Å². The Hall–Kier alpha value is -1.69. The van der Waals surface area contributed by atoms with E-state index >= 15 is 0 Å². The Balaban J connectivity index is 1.68. The molecule has 0 saturated carbocycles. The van der Waals surface area contributed by atoms with Gasteiger partial charge in [-0.25, -0.2) is 0 Å². The van der Waals surface area contributed by atoms with Crippen molar-refractivity contribution in [1.82, 2.24) is 5.32 Å². The molecule has 1 amide bonds. The number of carbonyl (C=O) groups is 1. The Morgan fingerprint density at radius 1 is 1.21 bits per heavy atom. The molecule has 1 fully saturated rings. The van der Waals surface area contributed by atoms with Gasteiger partial charge < -0.3 is 15.0 Å². The quantitative estimate of drug-likeness (QED) is 0.865. The number of benzene rings is 1. The lowest BCUT2D eigenvalue weighted by Gasteiger charge is -2.32. The lowest BCUT2D eigenvalue weighted by molar-refractivity contribution is -0.907. The van der Waals surface area contributed by atoms with E-state index in [1.807, 2.05) is 29.6 Å². The second-order valence-corrected chi connectivity index (χ2v) is 7.50. The van der Waals surface area contributed by atoms with Gasteiger partial charge >= 0.3 is 0 Å². The molecule has 1 aliphatic heterocycles. The van der Waals surface area contributed by atoms with Crippen LogP contribution in [0.2, 0.25) is 0 Å². The van der Waals surface area contributed by atoms with Crippen molar-refractivity contribution in [3.05, 3.63) is 58.3 Å². The van der Waals surface area contributed by atoms with Gasteiger partial charge in [-0.2, -0.15) is 0 Å². The molecule has 24 heavy (non-hydrogen) atoms. The highest BCUT2D eigenvalue weighted by molar-refractivity contribution is 7.10. The largest absolute Gasteiger partial charge is 0.364 e. The molecule has 5 heteroatoms. The van der Waals surface area contributed by atoms with Crippen LogP contribution in [0, 0.1) is 0 Å². The average molecular weight is 345 g/mol. The Bertz CT molecular complexity index is 635. The van der Waals surface area contributed by atoms with Crippen LogP contribution in [0.25, 0.3) is 0 Å². The highest BCUT2D eigenvalue weighted by atomic mass is 32.1. The monoisotopic (exact) mass is 345 g/mol. The highest BCUT2D eigenvalue weighted by Gasteiger charge is 2.28. The van der Waals surface area contributed by atoms with Gasteiger partial charge in [0.05, 0.1) is 6.04 Å². The van der Waals surface area contributed by atoms with Crippen molar-refractivity contribution < 1.29 is 14.4 Å². The number of quaternary nitrogens is 1. The fraction of sp³-hybridized carbons (Fsp3) is 0.421. The lowest BCUT2D eigenvalue weighted by atomic mass is 10.1. The van der Waals surface area contributed by atoms with E-state index in [0.29, 0.717) is 6.54 Å². The van der Waals surface area contributed by atoms with Crippen molar-refractivity contribution in [3.8, 4) is 0 Å². The molecule has 0 aliphatic carbocycles. The van der Waals surface area contributed by atoms with Crippen molar-refractivity contribution in [1.29, 1.82) is 0 Å². The third-order valence-corrected chi connectivity index (χ3v) is 5.23. The average Bonchev–Trinajstić information content (AvgIpc) is 3.06. The highest BCUT2D eigenvalue weighted by Crippen LogP contribution is 2.25. The first-order chi connectivity index (χ1) is 11.6. The first-order valence-electron chi connectivity index (χ1n) is 8.48. The Labute approximate surface area is 147 Å². The van der Waals surface area contributed by atoms with Gasteiger partial charge in [-0.3, -0.25) is 4.79 Å². The molecule has 0 spiro atoms. The van der Waals surface area contributed by atoms with Crippen LogP contribution in [-0.4, -0.2) is 37.7 Å². The summed E-state index contributed by atoms with van der Waals surface area (Å²) in [7, 11) is 0. The molecule has 3 rings (SSSR count). The molecule has 2 N–H and O–H groups in total. The minimum absolute atomic E-state index is 0.0750. The molecule has 1 aromatic carbocycles. The van der Waals surface area contributed by atoms with Crippen molar-refractivity contribution in [3.63, 3.8) is 0 Å². The smallest absolute Gasteiger partial charge is 0.275 e. The molecule has 1 aromatic heterocycles. The summed E-state index contributed by atoms with van der Waals surface area (Å²) in [4.78, 5) is 15.1. The molecular formula is C19H25N2O2S+. The van der Waals surface area contributed by atoms with Gasteiger partial charge in [-0.05, 0) is 30.9 Å². The number of thiophene rings is 1. The van der Waals surface area contributed by atoms with Crippen molar-refractivity contribution >= 4 is 17.2 Å². The first-order valence-corrected chi connectivity index (χ1v) is 9.36. The predicted octanol–water partition coefficient (Wildman–Crippen LogP) is 1.65. The number of morpholine rings is 1. The predicted molar refractivity (Wildman–Crippen MR) is 96.3 cm³/mol. The van der Waals surface area contributed by atoms with Gasteiger partial charge in [0.25, 0.3) is 5.91 Å². The fourth-order valence-corrected chi connectivity index (χ4v) is 4.19. The summed E-state index contributed by atoms with van der Waals surface area (Å²) in [5.41, 5.74) is 1.12. The van der Waals surface area contributed by atoms with E-state index in [4.69, 9.17) is 4.74 Å². The van der Waals surface area contributed by atoms with Crippen molar-refractivity contribution in [2.75, 3.05) is 19.6 Å². The number of hydrogen-bond donors (Lipinski definition) is 2. The third-order valence-electron chi connectivity index (χ3n) is 4.29. The zero-order valence-electron chi connectivity index (χ0n) is 14.2. The number of amides is 1. The van der Waals surface area contributed by atoms with E-state index in [2.05, 4.69) is 37.4 Å². The third kappa shape index (κ3) is 4.44. The first kappa shape index (κ1) is 17.1. The SMILES string of the molecule is C[C@@H]1C[NH+](CC(=O)N[C@@H](c2ccccc2)c2cccs2)C[C@H](C)O1. The van der Waals surface area contributed by atoms with Crippen molar-refractivity contribution in [2.45, 2.75) is 32.1 Å². The van der Waals surface area contributed by atoms with E-state index in [1.54, 1.807) is 11.3 Å². The standard InChI is InChI=1S/C19H24N2O2S/c1-14-11-21(12-15(2)23-14)13-18(22)20-19(17-9-6-10-24-17)16-7-4-3-5-8-16/h3-10,14-15,19H,11-13H2,1-2H3,(H,20,22)/p+1/t14-,15+,19-/m0/s1. The lowest BCUT2D eigenvalue weighted by Crippen LogP contribution is -3.16. The molecule has 128 valence electrons. The summed E-state index contributed by atoms with van der Waals surface area (Å²) in [6, 6.07) is 14.2. The van der Waals surface area contributed by atoms with Crippen LogP contribution in [0.1, 0.15) is 30.3 Å². The van der Waals surface area contributed by atoms with E-state index in [-0.39, 0.29) is 24.2 Å². The maximum absolute atomic E-state index is 12.6. The van der Waals surface area contributed by atoms with Crippen LogP contribution in [0.15, 0.2) is 47.8 Å². The van der Waals surface area contributed by atoms with Crippen LogP contribution < -0.4 is 10.2 Å². The molecular weight excluding hydrogens is 320 g/mol. The molecule has 2 heterocycles. The van der Waals surface area contributed by atoms with Gasteiger partial charge in [-0.15, -0.1) is 11.3 Å². The van der Waals surface area contributed by atoms with Crippen LogP contribution in [0.3, 0.4) is 0 Å². The van der Waals surface area contributed by atoms with Crippen molar-refractivity contribution in [2.24, 2.45) is 0 Å². The topological polar surface area (TPSA) is 42.8 Å². The summed E-state index contributed by atoms with van der Waals surface area (Å²) >= 11 is 1.67. The molecule has 0 radical (unpaired) electrons. The summed E-state index contributed by atoms with van der Waals surface area (Å²) in [6.45, 7) is 6.41. The number of ether oxygens (including phenoxy) is 1. The van der Waals surface area contributed by atoms with E-state index in [9.17, 15) is 4.79 Å². The number of hydrogen-bond acceptors (Lipinski definition) is 3. The minimum atomic E-state index is -0.0750. The van der Waals surface area contributed by atoms with Crippen LogP contribution in [-0.2, 0) is 9.53 Å². The van der Waals surface area contributed by atoms with E-state index < -0.39 is 0 Å². The summed E-state index contributed by atoms with van der Waals surface area (Å²) in [5.74, 6) is 0.0913. The number of carbonyl (C=O) groups excluding carboxylic acids is 1. The molecule has 4 atom stereocenters. The normalized spacial score (nSPS) is 25.2. The van der Waals surface area contributed by atoms with Gasteiger partial charge in [0.1, 0.15) is 25.3 Å². The second-order valence-electron chi connectivity index (χ2n) is 6.52. The van der Waals surface area contributed by atoms with Gasteiger partial charge in [0, 0.05) is 4.88 Å². The maximum atomic E-state index is 12.6. The summed E-state index contributed by atoms with van der Waals surface area (Å²) < 4.78 is 5.76. The maximum Gasteiger partial charge on any atom is 0.275 e. The number of nitrogens with one attached hydrogen (secondary N) is 2.